The molecule has 0 atom stereocenters. The molecule has 0 bridgehead atoms. The van der Waals surface area contributed by atoms with Crippen molar-refractivity contribution in [3.8, 4) is 28.4 Å². The van der Waals surface area contributed by atoms with E-state index in [1.165, 1.54) is 44.9 Å². The van der Waals surface area contributed by atoms with Crippen molar-refractivity contribution in [3.63, 3.8) is 0 Å². The maximum Gasteiger partial charge on any atom is 0.341 e. The number of ether oxygens (including phenoxy) is 2. The molecule has 0 radical (unpaired) electrons. The van der Waals surface area contributed by atoms with E-state index in [4.69, 9.17) is 14.5 Å². The summed E-state index contributed by atoms with van der Waals surface area (Å²) >= 11 is 0. The average Bonchev–Trinajstić information content (AvgIpc) is 3.42. The molecule has 1 heterocycles. The van der Waals surface area contributed by atoms with Gasteiger partial charge in [0.25, 0.3) is 0 Å². The summed E-state index contributed by atoms with van der Waals surface area (Å²) in [4.78, 5) is 20.5. The van der Waals surface area contributed by atoms with Gasteiger partial charge in [-0.1, -0.05) is 99.3 Å². The monoisotopic (exact) mass is 579 g/mol. The Balaban J connectivity index is 1.58. The Kier molecular flexibility index (Phi) is 10.7. The quantitative estimate of drug-likeness (QED) is 0.149. The zero-order valence-electron chi connectivity index (χ0n) is 25.9. The molecule has 1 fully saturated rings. The van der Waals surface area contributed by atoms with E-state index < -0.39 is 0 Å². The SMILES string of the molecule is CCCCn1c(-c2ccccc2)nc(-c2ccccc2)c1CN(Cc1ccc(OC)c(C(=O)OC)c1)CC1CCCCC1. The highest BCUT2D eigenvalue weighted by atomic mass is 16.5. The molecule has 0 spiro atoms. The van der Waals surface area contributed by atoms with Crippen LogP contribution in [-0.4, -0.2) is 41.2 Å². The molecule has 6 heteroatoms. The van der Waals surface area contributed by atoms with Gasteiger partial charge in [0.2, 0.25) is 0 Å². The van der Waals surface area contributed by atoms with Crippen LogP contribution in [0, 0.1) is 5.92 Å². The number of benzene rings is 3. The minimum absolute atomic E-state index is 0.381. The lowest BCUT2D eigenvalue weighted by Gasteiger charge is -2.30. The molecule has 1 aliphatic carbocycles. The first-order valence-corrected chi connectivity index (χ1v) is 15.8. The van der Waals surface area contributed by atoms with Crippen molar-refractivity contribution in [1.82, 2.24) is 14.5 Å². The van der Waals surface area contributed by atoms with Gasteiger partial charge in [-0.2, -0.15) is 0 Å². The average molecular weight is 580 g/mol. The lowest BCUT2D eigenvalue weighted by Crippen LogP contribution is -2.31. The van der Waals surface area contributed by atoms with Gasteiger partial charge in [-0.3, -0.25) is 4.90 Å². The maximum absolute atomic E-state index is 12.6. The summed E-state index contributed by atoms with van der Waals surface area (Å²) in [5.41, 5.74) is 6.11. The van der Waals surface area contributed by atoms with Crippen LogP contribution in [0.15, 0.2) is 78.9 Å². The summed E-state index contributed by atoms with van der Waals surface area (Å²) in [6.07, 6.45) is 8.66. The maximum atomic E-state index is 12.6. The summed E-state index contributed by atoms with van der Waals surface area (Å²) in [6.45, 7) is 5.66. The molecule has 0 saturated heterocycles. The fourth-order valence-corrected chi connectivity index (χ4v) is 6.35. The molecule has 1 aliphatic rings. The van der Waals surface area contributed by atoms with E-state index in [-0.39, 0.29) is 5.97 Å². The van der Waals surface area contributed by atoms with E-state index in [2.05, 4.69) is 83.1 Å². The van der Waals surface area contributed by atoms with Gasteiger partial charge in [-0.25, -0.2) is 9.78 Å². The fourth-order valence-electron chi connectivity index (χ4n) is 6.35. The number of methoxy groups -OCH3 is 2. The number of carbonyl (C=O) groups is 1. The van der Waals surface area contributed by atoms with Crippen LogP contribution in [-0.2, 0) is 24.4 Å². The topological polar surface area (TPSA) is 56.6 Å². The number of hydrogen-bond donors (Lipinski definition) is 0. The van der Waals surface area contributed by atoms with Gasteiger partial charge in [0.1, 0.15) is 17.1 Å². The highest BCUT2D eigenvalue weighted by molar-refractivity contribution is 5.92. The second-order valence-electron chi connectivity index (χ2n) is 11.7. The third-order valence-electron chi connectivity index (χ3n) is 8.58. The molecule has 0 amide bonds. The van der Waals surface area contributed by atoms with Crippen LogP contribution < -0.4 is 4.74 Å². The van der Waals surface area contributed by atoms with Crippen LogP contribution in [0.3, 0.4) is 0 Å². The Morgan fingerprint density at radius 2 is 1.60 bits per heavy atom. The number of hydrogen-bond acceptors (Lipinski definition) is 5. The Hall–Kier alpha value is -3.90. The smallest absolute Gasteiger partial charge is 0.341 e. The highest BCUT2D eigenvalue weighted by Gasteiger charge is 2.25. The number of carbonyl (C=O) groups excluding carboxylic acids is 1. The van der Waals surface area contributed by atoms with Gasteiger partial charge in [0, 0.05) is 37.3 Å². The standard InChI is InChI=1S/C37H45N3O3/c1-4-5-23-40-33(35(30-17-11-7-12-18-30)38-36(40)31-19-13-8-14-20-31)27-39(25-28-15-9-6-10-16-28)26-29-21-22-34(42-2)32(24-29)37(41)43-3/h7-8,11-14,17-22,24,28H,4-6,9-10,15-16,23,25-27H2,1-3H3. The molecular weight excluding hydrogens is 534 g/mol. The predicted octanol–water partition coefficient (Wildman–Crippen LogP) is 8.39. The summed E-state index contributed by atoms with van der Waals surface area (Å²) in [5, 5.41) is 0. The Bertz CT molecular complexity index is 1460. The molecule has 0 aliphatic heterocycles. The molecule has 5 rings (SSSR count). The lowest BCUT2D eigenvalue weighted by atomic mass is 9.88. The molecule has 0 N–H and O–H groups in total. The minimum atomic E-state index is -0.381. The van der Waals surface area contributed by atoms with Gasteiger partial charge >= 0.3 is 5.97 Å². The van der Waals surface area contributed by atoms with Crippen molar-refractivity contribution in [2.24, 2.45) is 5.92 Å². The van der Waals surface area contributed by atoms with Gasteiger partial charge in [-0.05, 0) is 42.9 Å². The first-order chi connectivity index (χ1) is 21.1. The summed E-state index contributed by atoms with van der Waals surface area (Å²) < 4.78 is 13.0. The number of rotatable bonds is 13. The third-order valence-corrected chi connectivity index (χ3v) is 8.58. The van der Waals surface area contributed by atoms with E-state index in [0.29, 0.717) is 17.2 Å². The van der Waals surface area contributed by atoms with Gasteiger partial charge in [-0.15, -0.1) is 0 Å². The Labute approximate surface area is 256 Å². The highest BCUT2D eigenvalue weighted by Crippen LogP contribution is 2.33. The molecule has 3 aromatic carbocycles. The number of esters is 1. The van der Waals surface area contributed by atoms with E-state index in [1.54, 1.807) is 7.11 Å². The number of imidazole rings is 1. The van der Waals surface area contributed by atoms with Crippen molar-refractivity contribution >= 4 is 5.97 Å². The van der Waals surface area contributed by atoms with Crippen molar-refractivity contribution in [2.45, 2.75) is 71.5 Å². The first kappa shape index (κ1) is 30.6. The van der Waals surface area contributed by atoms with E-state index >= 15 is 0 Å². The zero-order valence-corrected chi connectivity index (χ0v) is 25.9. The van der Waals surface area contributed by atoms with E-state index in [0.717, 1.165) is 67.2 Å². The third kappa shape index (κ3) is 7.55. The largest absolute Gasteiger partial charge is 0.496 e. The van der Waals surface area contributed by atoms with Crippen LogP contribution in [0.5, 0.6) is 5.75 Å². The van der Waals surface area contributed by atoms with Crippen molar-refractivity contribution in [1.29, 1.82) is 0 Å². The molecule has 0 unspecified atom stereocenters. The first-order valence-electron chi connectivity index (χ1n) is 15.8. The van der Waals surface area contributed by atoms with Gasteiger partial charge < -0.3 is 14.0 Å². The van der Waals surface area contributed by atoms with Crippen molar-refractivity contribution in [3.05, 3.63) is 95.7 Å². The number of nitrogens with zero attached hydrogens (tertiary/aromatic N) is 3. The summed E-state index contributed by atoms with van der Waals surface area (Å²) in [6, 6.07) is 27.0. The van der Waals surface area contributed by atoms with Crippen LogP contribution >= 0.6 is 0 Å². The van der Waals surface area contributed by atoms with Crippen molar-refractivity contribution < 1.29 is 14.3 Å². The second kappa shape index (κ2) is 15.0. The number of aromatic nitrogens is 2. The Morgan fingerprint density at radius 1 is 0.907 bits per heavy atom. The molecule has 1 aromatic heterocycles. The molecule has 6 nitrogen and oxygen atoms in total. The fraction of sp³-hybridized carbons (Fsp3) is 0.405. The zero-order chi connectivity index (χ0) is 30.0. The normalized spacial score (nSPS) is 13.8. The summed E-state index contributed by atoms with van der Waals surface area (Å²) in [5.74, 6) is 1.84. The molecular formula is C37H45N3O3. The van der Waals surface area contributed by atoms with Crippen LogP contribution in [0.25, 0.3) is 22.6 Å². The molecule has 226 valence electrons. The summed E-state index contributed by atoms with van der Waals surface area (Å²) in [7, 11) is 3.00. The number of unbranched alkanes of at least 4 members (excludes halogenated alkanes) is 1. The van der Waals surface area contributed by atoms with E-state index in [1.807, 2.05) is 12.1 Å². The molecule has 43 heavy (non-hydrogen) atoms. The van der Waals surface area contributed by atoms with Gasteiger partial charge in [0.15, 0.2) is 0 Å². The molecule has 1 saturated carbocycles. The van der Waals surface area contributed by atoms with Crippen LogP contribution in [0.2, 0.25) is 0 Å². The van der Waals surface area contributed by atoms with Crippen LogP contribution in [0.4, 0.5) is 0 Å². The lowest BCUT2D eigenvalue weighted by molar-refractivity contribution is 0.0596. The molecule has 4 aromatic rings. The van der Waals surface area contributed by atoms with Crippen molar-refractivity contribution in [2.75, 3.05) is 20.8 Å². The van der Waals surface area contributed by atoms with Crippen LogP contribution in [0.1, 0.15) is 73.5 Å². The van der Waals surface area contributed by atoms with E-state index in [9.17, 15) is 4.79 Å². The Morgan fingerprint density at radius 3 is 2.26 bits per heavy atom. The second-order valence-corrected chi connectivity index (χ2v) is 11.7. The predicted molar refractivity (Wildman–Crippen MR) is 173 cm³/mol. The minimum Gasteiger partial charge on any atom is -0.496 e. The van der Waals surface area contributed by atoms with Gasteiger partial charge in [0.05, 0.1) is 25.6 Å².